The van der Waals surface area contributed by atoms with Crippen molar-refractivity contribution in [1.29, 1.82) is 0 Å². The maximum atomic E-state index is 14.6. The van der Waals surface area contributed by atoms with Crippen LogP contribution in [0.2, 0.25) is 0 Å². The molecule has 3 rings (SSSR count). The maximum Gasteiger partial charge on any atom is 0.162 e. The third kappa shape index (κ3) is 4.48. The molecule has 2 unspecified atom stereocenters. The lowest BCUT2D eigenvalue weighted by atomic mass is 9.99. The SMILES string of the molecule is CCCC1C=CC(P(=O)(C2=CCCCC2)C2=CCCCCC2)=CCC1. The van der Waals surface area contributed by atoms with Crippen molar-refractivity contribution in [2.75, 3.05) is 0 Å². The Bertz CT molecular complexity index is 620. The highest BCUT2D eigenvalue weighted by Crippen LogP contribution is 2.70. The number of hydrogen-bond acceptors (Lipinski definition) is 1. The molecule has 0 heterocycles. The number of allylic oxidation sites excluding steroid dienone is 8. The second-order valence-corrected chi connectivity index (χ2v) is 10.8. The van der Waals surface area contributed by atoms with Crippen LogP contribution in [0.1, 0.15) is 90.4 Å². The molecular formula is C23H35OP. The lowest BCUT2D eigenvalue weighted by Gasteiger charge is -2.28. The van der Waals surface area contributed by atoms with Gasteiger partial charge in [-0.3, -0.25) is 0 Å². The molecule has 138 valence electrons. The van der Waals surface area contributed by atoms with Crippen molar-refractivity contribution >= 4 is 7.14 Å². The van der Waals surface area contributed by atoms with Crippen molar-refractivity contribution in [2.45, 2.75) is 90.4 Å². The van der Waals surface area contributed by atoms with Gasteiger partial charge in [0.15, 0.2) is 7.14 Å². The van der Waals surface area contributed by atoms with E-state index in [9.17, 15) is 4.57 Å². The van der Waals surface area contributed by atoms with Crippen LogP contribution in [0.4, 0.5) is 0 Å². The normalized spacial score (nSPS) is 27.4. The molecule has 2 atom stereocenters. The smallest absolute Gasteiger partial charge is 0.162 e. The summed E-state index contributed by atoms with van der Waals surface area (Å²) in [7, 11) is -2.55. The Hall–Kier alpha value is -0.810. The molecule has 0 fully saturated rings. The van der Waals surface area contributed by atoms with Crippen LogP contribution in [0.25, 0.3) is 0 Å². The molecule has 0 aromatic carbocycles. The summed E-state index contributed by atoms with van der Waals surface area (Å²) in [5.41, 5.74) is 0. The van der Waals surface area contributed by atoms with Gasteiger partial charge >= 0.3 is 0 Å². The van der Waals surface area contributed by atoms with Gasteiger partial charge in [-0.05, 0) is 87.2 Å². The first kappa shape index (κ1) is 19.0. The summed E-state index contributed by atoms with van der Waals surface area (Å²) in [5.74, 6) is 0.663. The van der Waals surface area contributed by atoms with Gasteiger partial charge in [0.05, 0.1) is 0 Å². The van der Waals surface area contributed by atoms with E-state index in [0.717, 1.165) is 37.4 Å². The average Bonchev–Trinajstić information content (AvgIpc) is 3.06. The van der Waals surface area contributed by atoms with Gasteiger partial charge in [-0.2, -0.15) is 0 Å². The van der Waals surface area contributed by atoms with E-state index in [2.05, 4.69) is 37.3 Å². The van der Waals surface area contributed by atoms with E-state index in [1.54, 1.807) is 0 Å². The maximum absolute atomic E-state index is 14.6. The zero-order valence-electron chi connectivity index (χ0n) is 16.0. The van der Waals surface area contributed by atoms with Crippen molar-refractivity contribution in [3.63, 3.8) is 0 Å². The molecule has 0 radical (unpaired) electrons. The third-order valence-electron chi connectivity index (χ3n) is 6.05. The lowest BCUT2D eigenvalue weighted by molar-refractivity contribution is 0.545. The summed E-state index contributed by atoms with van der Waals surface area (Å²) in [6.45, 7) is 2.27. The van der Waals surface area contributed by atoms with Gasteiger partial charge in [-0.1, -0.05) is 50.1 Å². The van der Waals surface area contributed by atoms with Crippen molar-refractivity contribution < 1.29 is 4.57 Å². The Balaban J connectivity index is 1.97. The Morgan fingerprint density at radius 3 is 2.32 bits per heavy atom. The fourth-order valence-electron chi connectivity index (χ4n) is 4.60. The van der Waals surface area contributed by atoms with E-state index in [4.69, 9.17) is 0 Å². The quantitative estimate of drug-likeness (QED) is 0.452. The second kappa shape index (κ2) is 9.22. The minimum atomic E-state index is -2.55. The van der Waals surface area contributed by atoms with Crippen LogP contribution < -0.4 is 0 Å². The van der Waals surface area contributed by atoms with Crippen LogP contribution in [0.5, 0.6) is 0 Å². The van der Waals surface area contributed by atoms with Crippen molar-refractivity contribution in [2.24, 2.45) is 5.92 Å². The Kier molecular flexibility index (Phi) is 7.00. The van der Waals surface area contributed by atoms with E-state index in [1.165, 1.54) is 62.0 Å². The van der Waals surface area contributed by atoms with Crippen molar-refractivity contribution in [3.05, 3.63) is 46.3 Å². The summed E-state index contributed by atoms with van der Waals surface area (Å²) in [5, 5.41) is 3.71. The molecule has 0 bridgehead atoms. The first-order chi connectivity index (χ1) is 12.2. The summed E-state index contributed by atoms with van der Waals surface area (Å²) >= 11 is 0. The topological polar surface area (TPSA) is 17.1 Å². The Morgan fingerprint density at radius 1 is 0.920 bits per heavy atom. The fraction of sp³-hybridized carbons (Fsp3) is 0.652. The van der Waals surface area contributed by atoms with Gasteiger partial charge in [0, 0.05) is 5.31 Å². The largest absolute Gasteiger partial charge is 0.309 e. The van der Waals surface area contributed by atoms with E-state index in [0.29, 0.717) is 5.92 Å². The second-order valence-electron chi connectivity index (χ2n) is 7.96. The molecule has 2 heteroatoms. The van der Waals surface area contributed by atoms with Gasteiger partial charge in [0.25, 0.3) is 0 Å². The van der Waals surface area contributed by atoms with Gasteiger partial charge in [-0.15, -0.1) is 0 Å². The van der Waals surface area contributed by atoms with Gasteiger partial charge in [-0.25, -0.2) is 0 Å². The van der Waals surface area contributed by atoms with Gasteiger partial charge in [0.2, 0.25) is 0 Å². The third-order valence-corrected chi connectivity index (χ3v) is 9.54. The Morgan fingerprint density at radius 2 is 1.60 bits per heavy atom. The molecule has 0 aromatic rings. The molecule has 0 amide bonds. The molecule has 0 aromatic heterocycles. The molecule has 0 N–H and O–H groups in total. The predicted molar refractivity (Wildman–Crippen MR) is 110 cm³/mol. The van der Waals surface area contributed by atoms with Crippen LogP contribution in [-0.2, 0) is 4.57 Å². The minimum absolute atomic E-state index is 0.663. The molecule has 1 nitrogen and oxygen atoms in total. The zero-order valence-corrected chi connectivity index (χ0v) is 16.9. The van der Waals surface area contributed by atoms with E-state index >= 15 is 0 Å². The highest BCUT2D eigenvalue weighted by Gasteiger charge is 2.35. The van der Waals surface area contributed by atoms with E-state index in [-0.39, 0.29) is 0 Å². The van der Waals surface area contributed by atoms with Crippen molar-refractivity contribution in [1.82, 2.24) is 0 Å². The predicted octanol–water partition coefficient (Wildman–Crippen LogP) is 8.31. The lowest BCUT2D eigenvalue weighted by Crippen LogP contribution is -1.99. The summed E-state index contributed by atoms with van der Waals surface area (Å²) in [6.07, 6.45) is 27.0. The van der Waals surface area contributed by atoms with Crippen LogP contribution in [0.15, 0.2) is 46.3 Å². The highest BCUT2D eigenvalue weighted by atomic mass is 31.2. The summed E-state index contributed by atoms with van der Waals surface area (Å²) < 4.78 is 14.6. The van der Waals surface area contributed by atoms with E-state index in [1.807, 2.05) is 0 Å². The molecule has 25 heavy (non-hydrogen) atoms. The van der Waals surface area contributed by atoms with Gasteiger partial charge < -0.3 is 4.57 Å². The molecule has 3 aliphatic carbocycles. The highest BCUT2D eigenvalue weighted by molar-refractivity contribution is 7.76. The molecule has 0 saturated carbocycles. The zero-order chi connectivity index (χ0) is 17.5. The number of hydrogen-bond donors (Lipinski definition) is 0. The van der Waals surface area contributed by atoms with Crippen LogP contribution in [-0.4, -0.2) is 0 Å². The standard InChI is InChI=1S/C23H35OP/c1-2-11-20-12-10-17-23(19-18-20)25(24,22-15-8-5-9-16-22)21-13-6-3-4-7-14-21/h13,15,17-20H,2-12,14,16H2,1H3. The molecule has 0 spiro atoms. The first-order valence-electron chi connectivity index (χ1n) is 10.6. The Labute approximate surface area is 154 Å². The fourth-order valence-corrected chi connectivity index (χ4v) is 8.03. The summed E-state index contributed by atoms with van der Waals surface area (Å²) in [6, 6.07) is 0. The molecule has 3 aliphatic rings. The van der Waals surface area contributed by atoms with Crippen LogP contribution in [0, 0.1) is 5.92 Å². The monoisotopic (exact) mass is 358 g/mol. The minimum Gasteiger partial charge on any atom is -0.309 e. The van der Waals surface area contributed by atoms with Crippen molar-refractivity contribution in [3.8, 4) is 0 Å². The number of rotatable bonds is 5. The van der Waals surface area contributed by atoms with E-state index < -0.39 is 7.14 Å². The summed E-state index contributed by atoms with van der Waals surface area (Å²) in [4.78, 5) is 0. The molecule has 0 aliphatic heterocycles. The van der Waals surface area contributed by atoms with Gasteiger partial charge in [0.1, 0.15) is 0 Å². The van der Waals surface area contributed by atoms with Crippen LogP contribution in [0.3, 0.4) is 0 Å². The average molecular weight is 359 g/mol. The van der Waals surface area contributed by atoms with Crippen LogP contribution >= 0.6 is 7.14 Å². The molecular weight excluding hydrogens is 323 g/mol. The first-order valence-corrected chi connectivity index (χ1v) is 12.3. The molecule has 0 saturated heterocycles.